The Morgan fingerprint density at radius 3 is 2.39 bits per heavy atom. The zero-order valence-corrected chi connectivity index (χ0v) is 12.1. The Kier molecular flexibility index (Phi) is 3.15. The monoisotopic (exact) mass is 264 g/mol. The van der Waals surface area contributed by atoms with E-state index in [9.17, 15) is 0 Å². The Morgan fingerprint density at radius 2 is 1.89 bits per heavy atom. The summed E-state index contributed by atoms with van der Waals surface area (Å²) in [6, 6.07) is 1.82. The Labute approximate surface area is 112 Å². The first-order chi connectivity index (χ1) is 8.27. The van der Waals surface area contributed by atoms with Crippen molar-refractivity contribution in [2.24, 2.45) is 7.05 Å². The maximum Gasteiger partial charge on any atom is 0.164 e. The first-order valence-corrected chi connectivity index (χ1v) is 6.21. The average Bonchev–Trinajstić information content (AvgIpc) is 2.55. The van der Waals surface area contributed by atoms with E-state index in [1.54, 1.807) is 4.68 Å². The number of rotatable bonds is 1. The minimum Gasteiger partial charge on any atom is -0.275 e. The summed E-state index contributed by atoms with van der Waals surface area (Å²) < 4.78 is 1.76. The maximum atomic E-state index is 6.09. The van der Waals surface area contributed by atoms with Crippen molar-refractivity contribution in [3.63, 3.8) is 0 Å². The highest BCUT2D eigenvalue weighted by molar-refractivity contribution is 6.29. The van der Waals surface area contributed by atoms with E-state index in [1.807, 2.05) is 26.2 Å². The average molecular weight is 265 g/mol. The number of halogens is 1. The van der Waals surface area contributed by atoms with E-state index in [4.69, 9.17) is 11.6 Å². The molecule has 2 aromatic rings. The predicted octanol–water partition coefficient (Wildman–Crippen LogP) is 3.14. The van der Waals surface area contributed by atoms with E-state index >= 15 is 0 Å². The molecule has 0 N–H and O–H groups in total. The number of hydrogen-bond acceptors (Lipinski definition) is 3. The summed E-state index contributed by atoms with van der Waals surface area (Å²) in [4.78, 5) is 8.89. The SMILES string of the molecule is Cc1nn(C)cc1-c1nc(Cl)cc(C(C)(C)C)n1. The lowest BCUT2D eigenvalue weighted by Crippen LogP contribution is -2.14. The normalized spacial score (nSPS) is 11.9. The Balaban J connectivity index is 2.59. The Bertz CT molecular complexity index is 581. The third-order valence-electron chi connectivity index (χ3n) is 2.72. The molecule has 0 aliphatic rings. The summed E-state index contributed by atoms with van der Waals surface area (Å²) in [5.41, 5.74) is 2.70. The van der Waals surface area contributed by atoms with E-state index in [2.05, 4.69) is 35.8 Å². The lowest BCUT2D eigenvalue weighted by atomic mass is 9.92. The molecule has 0 unspecified atom stereocenters. The lowest BCUT2D eigenvalue weighted by molar-refractivity contribution is 0.568. The van der Waals surface area contributed by atoms with Crippen LogP contribution in [0.15, 0.2) is 12.3 Å². The highest BCUT2D eigenvalue weighted by atomic mass is 35.5. The molecule has 0 radical (unpaired) electrons. The van der Waals surface area contributed by atoms with Crippen molar-refractivity contribution in [2.75, 3.05) is 0 Å². The molecule has 18 heavy (non-hydrogen) atoms. The van der Waals surface area contributed by atoms with Crippen LogP contribution in [0.3, 0.4) is 0 Å². The van der Waals surface area contributed by atoms with E-state index in [0.29, 0.717) is 11.0 Å². The van der Waals surface area contributed by atoms with Gasteiger partial charge in [-0.25, -0.2) is 9.97 Å². The second-order valence-electron chi connectivity index (χ2n) is 5.45. The maximum absolute atomic E-state index is 6.09. The molecule has 4 nitrogen and oxygen atoms in total. The second kappa shape index (κ2) is 4.35. The molecule has 0 amide bonds. The van der Waals surface area contributed by atoms with Crippen LogP contribution in [0.4, 0.5) is 0 Å². The van der Waals surface area contributed by atoms with Crippen LogP contribution in [0.25, 0.3) is 11.4 Å². The topological polar surface area (TPSA) is 43.6 Å². The van der Waals surface area contributed by atoms with Crippen molar-refractivity contribution in [1.82, 2.24) is 19.7 Å². The largest absolute Gasteiger partial charge is 0.275 e. The van der Waals surface area contributed by atoms with Crippen molar-refractivity contribution in [1.29, 1.82) is 0 Å². The molecule has 2 heterocycles. The van der Waals surface area contributed by atoms with Gasteiger partial charge in [-0.05, 0) is 13.0 Å². The summed E-state index contributed by atoms with van der Waals surface area (Å²) >= 11 is 6.09. The van der Waals surface area contributed by atoms with Gasteiger partial charge in [0.25, 0.3) is 0 Å². The van der Waals surface area contributed by atoms with Gasteiger partial charge in [0.2, 0.25) is 0 Å². The molecule has 2 rings (SSSR count). The lowest BCUT2D eigenvalue weighted by Gasteiger charge is -2.18. The smallest absolute Gasteiger partial charge is 0.164 e. The van der Waals surface area contributed by atoms with Gasteiger partial charge in [0.05, 0.1) is 17.0 Å². The number of aryl methyl sites for hydroxylation is 2. The fourth-order valence-electron chi connectivity index (χ4n) is 1.74. The van der Waals surface area contributed by atoms with Gasteiger partial charge in [-0.2, -0.15) is 5.10 Å². The van der Waals surface area contributed by atoms with Crippen molar-refractivity contribution in [2.45, 2.75) is 33.1 Å². The van der Waals surface area contributed by atoms with Crippen molar-refractivity contribution < 1.29 is 0 Å². The van der Waals surface area contributed by atoms with Gasteiger partial charge in [-0.15, -0.1) is 0 Å². The molecule has 0 saturated heterocycles. The molecule has 0 bridgehead atoms. The van der Waals surface area contributed by atoms with Crippen LogP contribution in [0.2, 0.25) is 5.15 Å². The Morgan fingerprint density at radius 1 is 1.22 bits per heavy atom. The zero-order chi connectivity index (χ0) is 13.5. The molecule has 5 heteroatoms. The van der Waals surface area contributed by atoms with Gasteiger partial charge in [-0.1, -0.05) is 32.4 Å². The van der Waals surface area contributed by atoms with Crippen LogP contribution >= 0.6 is 11.6 Å². The highest BCUT2D eigenvalue weighted by Crippen LogP contribution is 2.26. The summed E-state index contributed by atoms with van der Waals surface area (Å²) in [5, 5.41) is 4.77. The first-order valence-electron chi connectivity index (χ1n) is 5.83. The van der Waals surface area contributed by atoms with E-state index in [1.165, 1.54) is 0 Å². The molecular weight excluding hydrogens is 248 g/mol. The van der Waals surface area contributed by atoms with Gasteiger partial charge >= 0.3 is 0 Å². The summed E-state index contributed by atoms with van der Waals surface area (Å²) in [6.07, 6.45) is 1.91. The first kappa shape index (κ1) is 13.0. The quantitative estimate of drug-likeness (QED) is 0.743. The summed E-state index contributed by atoms with van der Waals surface area (Å²) in [7, 11) is 1.88. The van der Waals surface area contributed by atoms with Crippen LogP contribution in [-0.4, -0.2) is 19.7 Å². The highest BCUT2D eigenvalue weighted by Gasteiger charge is 2.19. The van der Waals surface area contributed by atoms with Crippen LogP contribution < -0.4 is 0 Å². The molecule has 0 aromatic carbocycles. The van der Waals surface area contributed by atoms with Gasteiger partial charge in [0, 0.05) is 18.7 Å². The number of hydrogen-bond donors (Lipinski definition) is 0. The molecule has 0 aliphatic carbocycles. The molecule has 0 aliphatic heterocycles. The molecule has 0 spiro atoms. The molecule has 2 aromatic heterocycles. The summed E-state index contributed by atoms with van der Waals surface area (Å²) in [6.45, 7) is 8.25. The van der Waals surface area contributed by atoms with E-state index in [-0.39, 0.29) is 5.41 Å². The van der Waals surface area contributed by atoms with Gasteiger partial charge < -0.3 is 0 Å². The van der Waals surface area contributed by atoms with Gasteiger partial charge in [0.1, 0.15) is 5.15 Å². The Hall–Kier alpha value is -1.42. The third kappa shape index (κ3) is 2.53. The second-order valence-corrected chi connectivity index (χ2v) is 5.84. The number of nitrogens with zero attached hydrogens (tertiary/aromatic N) is 4. The minimum absolute atomic E-state index is 0.0581. The van der Waals surface area contributed by atoms with Crippen LogP contribution in [-0.2, 0) is 12.5 Å². The van der Waals surface area contributed by atoms with Crippen molar-refractivity contribution in [3.05, 3.63) is 28.8 Å². The molecule has 0 atom stereocenters. The van der Waals surface area contributed by atoms with Crippen molar-refractivity contribution >= 4 is 11.6 Å². The van der Waals surface area contributed by atoms with E-state index < -0.39 is 0 Å². The number of aromatic nitrogens is 4. The predicted molar refractivity (Wildman–Crippen MR) is 72.7 cm³/mol. The standard InChI is InChI=1S/C13H17ClN4/c1-8-9(7-18(5)17-8)12-15-10(13(2,3)4)6-11(14)16-12/h6-7H,1-5H3. The fraction of sp³-hybridized carbons (Fsp3) is 0.462. The van der Waals surface area contributed by atoms with Gasteiger partial charge in [0.15, 0.2) is 5.82 Å². The third-order valence-corrected chi connectivity index (χ3v) is 2.91. The van der Waals surface area contributed by atoms with Crippen LogP contribution in [0, 0.1) is 6.92 Å². The molecule has 0 fully saturated rings. The van der Waals surface area contributed by atoms with Gasteiger partial charge in [-0.3, -0.25) is 4.68 Å². The summed E-state index contributed by atoms with van der Waals surface area (Å²) in [5.74, 6) is 0.637. The molecule has 96 valence electrons. The molecular formula is C13H17ClN4. The zero-order valence-electron chi connectivity index (χ0n) is 11.3. The minimum atomic E-state index is -0.0581. The molecule has 0 saturated carbocycles. The van der Waals surface area contributed by atoms with Crippen LogP contribution in [0.5, 0.6) is 0 Å². The van der Waals surface area contributed by atoms with Crippen LogP contribution in [0.1, 0.15) is 32.2 Å². The van der Waals surface area contributed by atoms with E-state index in [0.717, 1.165) is 17.0 Å². The van der Waals surface area contributed by atoms with Crippen molar-refractivity contribution in [3.8, 4) is 11.4 Å². The fourth-order valence-corrected chi connectivity index (χ4v) is 1.92.